The third kappa shape index (κ3) is 3.86. The summed E-state index contributed by atoms with van der Waals surface area (Å²) in [5.74, 6) is -0.680. The van der Waals surface area contributed by atoms with E-state index in [9.17, 15) is 9.59 Å². The first kappa shape index (κ1) is 18.1. The van der Waals surface area contributed by atoms with Gasteiger partial charge in [-0.25, -0.2) is 14.5 Å². The molecule has 4 rings (SSSR count). The molecule has 1 unspecified atom stereocenters. The van der Waals surface area contributed by atoms with E-state index in [2.05, 4.69) is 10.1 Å². The van der Waals surface area contributed by atoms with E-state index >= 15 is 0 Å². The largest absolute Gasteiger partial charge is 0.451 e. The standard InChI is InChI=1S/C22H21N3O3/c1-15(21(26)20-10-9-17-3-2-4-19(17)11-20)28-22(27)18-7-5-16(6-8-18)12-25-14-23-13-24-25/h5-11,13-15H,2-4,12H2,1H3. The van der Waals surface area contributed by atoms with Gasteiger partial charge in [-0.3, -0.25) is 4.79 Å². The Labute approximate surface area is 163 Å². The Balaban J connectivity index is 1.39. The Morgan fingerprint density at radius 3 is 2.57 bits per heavy atom. The smallest absolute Gasteiger partial charge is 0.338 e. The monoisotopic (exact) mass is 375 g/mol. The zero-order chi connectivity index (χ0) is 19.5. The molecule has 0 saturated heterocycles. The van der Waals surface area contributed by atoms with Crippen LogP contribution in [0.4, 0.5) is 0 Å². The van der Waals surface area contributed by atoms with Crippen molar-refractivity contribution >= 4 is 11.8 Å². The lowest BCUT2D eigenvalue weighted by molar-refractivity contribution is 0.0319. The summed E-state index contributed by atoms with van der Waals surface area (Å²) in [7, 11) is 0. The molecule has 1 atom stereocenters. The molecule has 0 N–H and O–H groups in total. The maximum Gasteiger partial charge on any atom is 0.338 e. The second-order valence-corrected chi connectivity index (χ2v) is 7.04. The van der Waals surface area contributed by atoms with Gasteiger partial charge in [0.1, 0.15) is 12.7 Å². The molecule has 0 amide bonds. The van der Waals surface area contributed by atoms with Gasteiger partial charge in [-0.2, -0.15) is 5.10 Å². The fourth-order valence-electron chi connectivity index (χ4n) is 3.49. The summed E-state index contributed by atoms with van der Waals surface area (Å²) in [6.45, 7) is 2.19. The number of ketones is 1. The van der Waals surface area contributed by atoms with E-state index < -0.39 is 12.1 Å². The van der Waals surface area contributed by atoms with Gasteiger partial charge < -0.3 is 4.74 Å². The first-order chi connectivity index (χ1) is 13.6. The van der Waals surface area contributed by atoms with E-state index in [1.54, 1.807) is 30.1 Å². The molecule has 6 heteroatoms. The van der Waals surface area contributed by atoms with Crippen molar-refractivity contribution in [1.82, 2.24) is 14.8 Å². The van der Waals surface area contributed by atoms with E-state index in [0.717, 1.165) is 24.8 Å². The Hall–Kier alpha value is -3.28. The maximum absolute atomic E-state index is 12.7. The molecule has 1 heterocycles. The second-order valence-electron chi connectivity index (χ2n) is 7.04. The summed E-state index contributed by atoms with van der Waals surface area (Å²) in [6.07, 6.45) is 5.48. The molecule has 142 valence electrons. The number of aromatic nitrogens is 3. The summed E-state index contributed by atoms with van der Waals surface area (Å²) < 4.78 is 7.10. The minimum atomic E-state index is -0.832. The third-order valence-electron chi connectivity index (χ3n) is 5.04. The lowest BCUT2D eigenvalue weighted by Crippen LogP contribution is -2.24. The highest BCUT2D eigenvalue weighted by Crippen LogP contribution is 2.23. The average Bonchev–Trinajstić information content (AvgIpc) is 3.38. The lowest BCUT2D eigenvalue weighted by atomic mass is 10.0. The van der Waals surface area contributed by atoms with Crippen LogP contribution in [0.1, 0.15) is 50.8 Å². The minimum absolute atomic E-state index is 0.175. The third-order valence-corrected chi connectivity index (χ3v) is 5.04. The number of esters is 1. The van der Waals surface area contributed by atoms with Gasteiger partial charge in [0, 0.05) is 5.56 Å². The van der Waals surface area contributed by atoms with Crippen molar-refractivity contribution in [2.45, 2.75) is 38.8 Å². The zero-order valence-electron chi connectivity index (χ0n) is 15.7. The summed E-state index contributed by atoms with van der Waals surface area (Å²) in [6, 6.07) is 12.8. The molecule has 0 bridgehead atoms. The number of nitrogens with zero attached hydrogens (tertiary/aromatic N) is 3. The lowest BCUT2D eigenvalue weighted by Gasteiger charge is -2.13. The number of benzene rings is 2. The summed E-state index contributed by atoms with van der Waals surface area (Å²) in [4.78, 5) is 29.0. The SMILES string of the molecule is CC(OC(=O)c1ccc(Cn2cncn2)cc1)C(=O)c1ccc2c(c1)CCC2. The Kier molecular flexibility index (Phi) is 5.02. The topological polar surface area (TPSA) is 74.1 Å². The first-order valence-electron chi connectivity index (χ1n) is 9.38. The fraction of sp³-hybridized carbons (Fsp3) is 0.273. The van der Waals surface area contributed by atoms with Crippen LogP contribution < -0.4 is 0 Å². The molecule has 6 nitrogen and oxygen atoms in total. The maximum atomic E-state index is 12.7. The van der Waals surface area contributed by atoms with E-state index in [4.69, 9.17) is 4.74 Å². The minimum Gasteiger partial charge on any atom is -0.451 e. The van der Waals surface area contributed by atoms with E-state index in [1.807, 2.05) is 30.3 Å². The number of hydrogen-bond donors (Lipinski definition) is 0. The quantitative estimate of drug-likeness (QED) is 0.488. The molecule has 0 saturated carbocycles. The molecular weight excluding hydrogens is 354 g/mol. The van der Waals surface area contributed by atoms with Gasteiger partial charge >= 0.3 is 5.97 Å². The van der Waals surface area contributed by atoms with Crippen molar-refractivity contribution in [1.29, 1.82) is 0 Å². The van der Waals surface area contributed by atoms with Crippen LogP contribution in [0.5, 0.6) is 0 Å². The van der Waals surface area contributed by atoms with E-state index in [0.29, 0.717) is 17.7 Å². The van der Waals surface area contributed by atoms with Crippen LogP contribution in [-0.2, 0) is 24.1 Å². The van der Waals surface area contributed by atoms with Crippen molar-refractivity contribution in [2.75, 3.05) is 0 Å². The van der Waals surface area contributed by atoms with E-state index in [1.165, 1.54) is 17.5 Å². The van der Waals surface area contributed by atoms with Gasteiger partial charge in [0.05, 0.1) is 12.1 Å². The summed E-state index contributed by atoms with van der Waals surface area (Å²) in [5, 5.41) is 4.05. The number of Topliss-reactive ketones (excluding diaryl/α,β-unsaturated/α-hetero) is 1. The fourth-order valence-corrected chi connectivity index (χ4v) is 3.49. The molecule has 3 aromatic rings. The number of ether oxygens (including phenoxy) is 1. The Bertz CT molecular complexity index is 994. The van der Waals surface area contributed by atoms with Crippen LogP contribution in [0, 0.1) is 0 Å². The van der Waals surface area contributed by atoms with Crippen LogP contribution in [-0.4, -0.2) is 32.6 Å². The molecule has 0 fully saturated rings. The molecule has 2 aromatic carbocycles. The van der Waals surface area contributed by atoms with Gasteiger partial charge in [0.25, 0.3) is 0 Å². The number of carbonyl (C=O) groups excluding carboxylic acids is 2. The second kappa shape index (κ2) is 7.76. The molecule has 0 aliphatic heterocycles. The molecule has 0 radical (unpaired) electrons. The highest BCUT2D eigenvalue weighted by atomic mass is 16.5. The van der Waals surface area contributed by atoms with Crippen LogP contribution in [0.25, 0.3) is 0 Å². The highest BCUT2D eigenvalue weighted by Gasteiger charge is 2.22. The zero-order valence-corrected chi connectivity index (χ0v) is 15.7. The van der Waals surface area contributed by atoms with Crippen LogP contribution >= 0.6 is 0 Å². The van der Waals surface area contributed by atoms with E-state index in [-0.39, 0.29) is 5.78 Å². The van der Waals surface area contributed by atoms with Crippen molar-refractivity contribution in [2.24, 2.45) is 0 Å². The number of fused-ring (bicyclic) bond motifs is 1. The number of carbonyl (C=O) groups is 2. The molecular formula is C22H21N3O3. The molecule has 1 aromatic heterocycles. The van der Waals surface area contributed by atoms with Gasteiger partial charge in [0.15, 0.2) is 6.10 Å². The van der Waals surface area contributed by atoms with Crippen molar-refractivity contribution < 1.29 is 14.3 Å². The summed E-state index contributed by atoms with van der Waals surface area (Å²) in [5.41, 5.74) is 4.55. The molecule has 0 spiro atoms. The average molecular weight is 375 g/mol. The van der Waals surface area contributed by atoms with Crippen molar-refractivity contribution in [3.05, 3.63) is 82.9 Å². The van der Waals surface area contributed by atoms with Crippen LogP contribution in [0.2, 0.25) is 0 Å². The predicted molar refractivity (Wildman–Crippen MR) is 103 cm³/mol. The van der Waals surface area contributed by atoms with Gasteiger partial charge in [-0.1, -0.05) is 24.3 Å². The van der Waals surface area contributed by atoms with Gasteiger partial charge in [-0.05, 0) is 61.1 Å². The molecule has 28 heavy (non-hydrogen) atoms. The summed E-state index contributed by atoms with van der Waals surface area (Å²) >= 11 is 0. The van der Waals surface area contributed by atoms with Gasteiger partial charge in [-0.15, -0.1) is 0 Å². The number of aryl methyl sites for hydroxylation is 2. The molecule has 1 aliphatic rings. The van der Waals surface area contributed by atoms with Crippen molar-refractivity contribution in [3.8, 4) is 0 Å². The highest BCUT2D eigenvalue weighted by molar-refractivity contribution is 6.01. The van der Waals surface area contributed by atoms with Crippen LogP contribution in [0.15, 0.2) is 55.1 Å². The number of rotatable bonds is 6. The Morgan fingerprint density at radius 1 is 1.07 bits per heavy atom. The van der Waals surface area contributed by atoms with Crippen LogP contribution in [0.3, 0.4) is 0 Å². The molecule has 1 aliphatic carbocycles. The first-order valence-corrected chi connectivity index (χ1v) is 9.38. The number of hydrogen-bond acceptors (Lipinski definition) is 5. The van der Waals surface area contributed by atoms with Crippen molar-refractivity contribution in [3.63, 3.8) is 0 Å². The predicted octanol–water partition coefficient (Wildman–Crippen LogP) is 3.24. The normalized spacial score (nSPS) is 13.8. The Morgan fingerprint density at radius 2 is 1.82 bits per heavy atom. The van der Waals surface area contributed by atoms with Gasteiger partial charge in [0.2, 0.25) is 5.78 Å².